The Morgan fingerprint density at radius 1 is 1.57 bits per heavy atom. The van der Waals surface area contributed by atoms with Crippen LogP contribution in [0.5, 0.6) is 0 Å². The van der Waals surface area contributed by atoms with Gasteiger partial charge < -0.3 is 16.0 Å². The molecule has 21 heavy (non-hydrogen) atoms. The van der Waals surface area contributed by atoms with Gasteiger partial charge in [0.05, 0.1) is 12.3 Å². The predicted octanol–water partition coefficient (Wildman–Crippen LogP) is 0.893. The number of carbonyl (C=O) groups excluding carboxylic acids is 1. The van der Waals surface area contributed by atoms with Crippen molar-refractivity contribution in [2.24, 2.45) is 11.7 Å². The lowest BCUT2D eigenvalue weighted by Gasteiger charge is -2.18. The highest BCUT2D eigenvalue weighted by atomic mass is 79.9. The molecular formula is C14H22BrN4OP. The molecular weight excluding hydrogens is 351 g/mol. The molecule has 1 saturated heterocycles. The van der Waals surface area contributed by atoms with E-state index in [1.54, 1.807) is 7.05 Å². The zero-order valence-corrected chi connectivity index (χ0v) is 15.0. The largest absolute Gasteiger partial charge is 0.390 e. The van der Waals surface area contributed by atoms with E-state index in [1.807, 2.05) is 0 Å². The molecule has 7 heteroatoms. The van der Waals surface area contributed by atoms with E-state index in [4.69, 9.17) is 5.41 Å². The van der Waals surface area contributed by atoms with Crippen LogP contribution < -0.4 is 16.4 Å². The second kappa shape index (κ2) is 8.47. The minimum absolute atomic E-state index is 0.0438. The molecule has 0 radical (unpaired) electrons. The van der Waals surface area contributed by atoms with E-state index >= 15 is 0 Å². The summed E-state index contributed by atoms with van der Waals surface area (Å²) in [5.74, 6) is 0.453. The second-order valence-electron chi connectivity index (χ2n) is 5.00. The quantitative estimate of drug-likeness (QED) is 0.409. The summed E-state index contributed by atoms with van der Waals surface area (Å²) >= 11 is 3.55. The summed E-state index contributed by atoms with van der Waals surface area (Å²) in [5, 5.41) is 9.77. The third kappa shape index (κ3) is 4.77. The first-order valence-electron chi connectivity index (χ1n) is 6.60. The number of likely N-dealkylation sites (tertiary alicyclic amines) is 1. The highest BCUT2D eigenvalue weighted by molar-refractivity contribution is 9.10. The number of nitrogens with two attached hydrogens (primary N) is 1. The number of hydrogen-bond donors (Lipinski definition) is 3. The van der Waals surface area contributed by atoms with E-state index in [1.165, 1.54) is 5.56 Å². The first-order chi connectivity index (χ1) is 9.94. The first-order valence-corrected chi connectivity index (χ1v) is 7.97. The number of carbonyl (C=O) groups is 1. The van der Waals surface area contributed by atoms with Crippen molar-refractivity contribution in [2.75, 3.05) is 27.2 Å². The summed E-state index contributed by atoms with van der Waals surface area (Å²) in [6.45, 7) is 1.76. The lowest BCUT2D eigenvalue weighted by Crippen LogP contribution is -2.31. The van der Waals surface area contributed by atoms with Gasteiger partial charge in [0.25, 0.3) is 0 Å². The summed E-state index contributed by atoms with van der Waals surface area (Å²) in [5.41, 5.74) is 5.62. The second-order valence-corrected chi connectivity index (χ2v) is 6.47. The Hall–Kier alpha value is -0.970. The average molecular weight is 373 g/mol. The predicted molar refractivity (Wildman–Crippen MR) is 94.3 cm³/mol. The highest BCUT2D eigenvalue weighted by Crippen LogP contribution is 2.33. The summed E-state index contributed by atoms with van der Waals surface area (Å²) < 4.78 is 1.08. The molecule has 0 saturated carbocycles. The molecule has 2 unspecified atom stereocenters. The maximum Gasteiger partial charge on any atom is 0.224 e. The molecule has 1 fully saturated rings. The number of hydrogen-bond acceptors (Lipinski definition) is 3. The van der Waals surface area contributed by atoms with Crippen LogP contribution in [0, 0.1) is 11.3 Å². The van der Waals surface area contributed by atoms with Gasteiger partial charge in [-0.15, -0.1) is 9.24 Å². The number of nitrogens with one attached hydrogen (secondary N) is 2. The molecule has 1 amide bonds. The van der Waals surface area contributed by atoms with Gasteiger partial charge in [0.2, 0.25) is 5.91 Å². The van der Waals surface area contributed by atoms with E-state index in [-0.39, 0.29) is 17.7 Å². The third-order valence-electron chi connectivity index (χ3n) is 3.54. The van der Waals surface area contributed by atoms with Crippen molar-refractivity contribution >= 4 is 42.7 Å². The Labute approximate surface area is 136 Å². The van der Waals surface area contributed by atoms with Crippen LogP contribution in [0.15, 0.2) is 22.7 Å². The minimum atomic E-state index is 0.0438. The molecule has 0 aliphatic carbocycles. The standard InChI is InChI=1S/C13H18BrN2OP.CH4N2/c1-15-13(17)10-7-16(2)6-9(10)8-3-4-12(18)11(14)5-8;2-1-3/h3-5,9-10H,6-7,18H2,1-2H3,(H,15,17);1H,(H3,2,3)/t9?,10-;/m0./s1. The van der Waals surface area contributed by atoms with Gasteiger partial charge in [-0.1, -0.05) is 28.1 Å². The number of likely N-dealkylation sites (N-methyl/N-ethyl adjacent to an activating group) is 1. The molecule has 0 bridgehead atoms. The number of halogens is 1. The number of rotatable bonds is 2. The number of benzene rings is 1. The van der Waals surface area contributed by atoms with Crippen molar-refractivity contribution in [3.63, 3.8) is 0 Å². The smallest absolute Gasteiger partial charge is 0.224 e. The van der Waals surface area contributed by atoms with Crippen LogP contribution in [0.2, 0.25) is 0 Å². The van der Waals surface area contributed by atoms with E-state index in [0.717, 1.165) is 29.2 Å². The topological polar surface area (TPSA) is 82.2 Å². The van der Waals surface area contributed by atoms with Crippen molar-refractivity contribution in [1.82, 2.24) is 10.2 Å². The fraction of sp³-hybridized carbons (Fsp3) is 0.429. The van der Waals surface area contributed by atoms with Gasteiger partial charge in [0.15, 0.2) is 0 Å². The molecule has 1 aromatic carbocycles. The summed E-state index contributed by atoms with van der Waals surface area (Å²) in [6, 6.07) is 6.32. The monoisotopic (exact) mass is 372 g/mol. The molecule has 1 heterocycles. The highest BCUT2D eigenvalue weighted by Gasteiger charge is 2.36. The molecule has 5 nitrogen and oxygen atoms in total. The van der Waals surface area contributed by atoms with Gasteiger partial charge in [-0.2, -0.15) is 0 Å². The van der Waals surface area contributed by atoms with Crippen LogP contribution in [0.4, 0.5) is 0 Å². The van der Waals surface area contributed by atoms with Gasteiger partial charge in [-0.25, -0.2) is 0 Å². The Kier molecular flexibility index (Phi) is 7.29. The minimum Gasteiger partial charge on any atom is -0.390 e. The molecule has 2 rings (SSSR count). The van der Waals surface area contributed by atoms with Crippen LogP contribution in [0.25, 0.3) is 0 Å². The van der Waals surface area contributed by atoms with Crippen LogP contribution in [-0.4, -0.2) is 44.3 Å². The molecule has 1 aliphatic heterocycles. The zero-order valence-electron chi connectivity index (χ0n) is 12.3. The fourth-order valence-electron chi connectivity index (χ4n) is 2.56. The van der Waals surface area contributed by atoms with Crippen LogP contribution in [-0.2, 0) is 4.79 Å². The average Bonchev–Trinajstić information content (AvgIpc) is 2.84. The Bertz CT molecular complexity index is 512. The van der Waals surface area contributed by atoms with Crippen molar-refractivity contribution in [3.8, 4) is 0 Å². The molecule has 1 aliphatic rings. The van der Waals surface area contributed by atoms with E-state index in [9.17, 15) is 4.79 Å². The fourth-order valence-corrected chi connectivity index (χ4v) is 3.14. The van der Waals surface area contributed by atoms with E-state index in [0.29, 0.717) is 0 Å². The summed E-state index contributed by atoms with van der Waals surface area (Å²) in [6.07, 6.45) is 0.750. The molecule has 116 valence electrons. The number of nitrogens with zero attached hydrogens (tertiary/aromatic N) is 1. The van der Waals surface area contributed by atoms with Gasteiger partial charge in [-0.3, -0.25) is 10.2 Å². The van der Waals surface area contributed by atoms with Gasteiger partial charge >= 0.3 is 0 Å². The van der Waals surface area contributed by atoms with Gasteiger partial charge in [0.1, 0.15) is 0 Å². The summed E-state index contributed by atoms with van der Waals surface area (Å²) in [7, 11) is 6.47. The van der Waals surface area contributed by atoms with E-state index in [2.05, 4.69) is 66.4 Å². The third-order valence-corrected chi connectivity index (χ3v) is 5.15. The lowest BCUT2D eigenvalue weighted by molar-refractivity contribution is -0.124. The molecule has 3 atom stereocenters. The molecule has 1 aromatic rings. The summed E-state index contributed by atoms with van der Waals surface area (Å²) in [4.78, 5) is 14.2. The van der Waals surface area contributed by atoms with Crippen LogP contribution >= 0.6 is 25.2 Å². The van der Waals surface area contributed by atoms with Gasteiger partial charge in [-0.05, 0) is 24.0 Å². The van der Waals surface area contributed by atoms with Crippen LogP contribution in [0.1, 0.15) is 11.5 Å². The Morgan fingerprint density at radius 3 is 2.71 bits per heavy atom. The van der Waals surface area contributed by atoms with Crippen molar-refractivity contribution < 1.29 is 4.79 Å². The first kappa shape index (κ1) is 18.1. The maximum atomic E-state index is 11.9. The molecule has 0 aromatic heterocycles. The lowest BCUT2D eigenvalue weighted by atomic mass is 9.88. The van der Waals surface area contributed by atoms with Crippen molar-refractivity contribution in [1.29, 1.82) is 5.41 Å². The zero-order chi connectivity index (χ0) is 16.0. The van der Waals surface area contributed by atoms with Crippen molar-refractivity contribution in [2.45, 2.75) is 5.92 Å². The molecule has 4 N–H and O–H groups in total. The SMILES string of the molecule is CNC(=O)[C@H]1CN(C)CC1c1ccc(P)c(Br)c1.N=CN. The maximum absolute atomic E-state index is 11.9. The van der Waals surface area contributed by atoms with E-state index < -0.39 is 0 Å². The van der Waals surface area contributed by atoms with Crippen LogP contribution in [0.3, 0.4) is 0 Å². The van der Waals surface area contributed by atoms with Gasteiger partial charge in [0, 0.05) is 30.5 Å². The normalized spacial score (nSPS) is 21.3. The molecule has 0 spiro atoms. The Morgan fingerprint density at radius 2 is 2.19 bits per heavy atom. The van der Waals surface area contributed by atoms with Crippen molar-refractivity contribution in [3.05, 3.63) is 28.2 Å². The Balaban J connectivity index is 0.000000677. The number of amides is 1.